The van der Waals surface area contributed by atoms with Crippen LogP contribution in [0.2, 0.25) is 0 Å². The van der Waals surface area contributed by atoms with Crippen LogP contribution in [0.5, 0.6) is 0 Å². The fraction of sp³-hybridized carbons (Fsp3) is 0.538. The average molecular weight is 283 g/mol. The molecule has 0 aliphatic carbocycles. The maximum atomic E-state index is 13.5. The molecule has 0 aromatic carbocycles. The number of fused-ring (bicyclic) bond motifs is 2. The number of hydrogen-bond acceptors (Lipinski definition) is 4. The quantitative estimate of drug-likeness (QED) is 0.613. The molecule has 4 nitrogen and oxygen atoms in total. The third-order valence-electron chi connectivity index (χ3n) is 4.23. The Hall–Kier alpha value is -1.30. The Bertz CT molecular complexity index is 609. The molecule has 0 saturated carbocycles. The van der Waals surface area contributed by atoms with E-state index in [0.29, 0.717) is 25.7 Å². The minimum atomic E-state index is -3.05. The molecular weight excluding hydrogens is 269 g/mol. The van der Waals surface area contributed by atoms with E-state index in [0.717, 1.165) is 0 Å². The zero-order chi connectivity index (χ0) is 13.6. The third-order valence-corrected chi connectivity index (χ3v) is 6.94. The molecule has 3 rings (SSSR count). The monoisotopic (exact) mass is 283 g/mol. The van der Waals surface area contributed by atoms with E-state index in [2.05, 4.69) is 4.98 Å². The fourth-order valence-corrected chi connectivity index (χ4v) is 5.69. The minimum absolute atomic E-state index is 0.0220. The first-order valence-electron chi connectivity index (χ1n) is 6.37. The van der Waals surface area contributed by atoms with Crippen LogP contribution in [0.4, 0.5) is 4.39 Å². The van der Waals surface area contributed by atoms with Crippen molar-refractivity contribution in [3.05, 3.63) is 29.8 Å². The molecule has 1 aromatic rings. The van der Waals surface area contributed by atoms with Gasteiger partial charge in [0.1, 0.15) is 0 Å². The third kappa shape index (κ3) is 1.98. The van der Waals surface area contributed by atoms with Gasteiger partial charge in [0.15, 0.2) is 15.6 Å². The lowest BCUT2D eigenvalue weighted by Crippen LogP contribution is -2.36. The maximum Gasteiger partial charge on any atom is 0.223 e. The van der Waals surface area contributed by atoms with Gasteiger partial charge in [-0.15, -0.1) is 0 Å². The lowest BCUT2D eigenvalue weighted by atomic mass is 9.91. The number of carbonyl (C=O) groups excluding carboxylic acids is 1. The highest BCUT2D eigenvalue weighted by atomic mass is 32.2. The molecule has 0 N–H and O–H groups in total. The zero-order valence-corrected chi connectivity index (χ0v) is 11.1. The number of sulfone groups is 1. The Labute approximate surface area is 111 Å². The molecule has 6 heteroatoms. The van der Waals surface area contributed by atoms with Crippen LogP contribution in [0.1, 0.15) is 36.0 Å². The molecule has 2 atom stereocenters. The molecule has 0 radical (unpaired) electrons. The maximum absolute atomic E-state index is 13.5. The van der Waals surface area contributed by atoms with Crippen molar-refractivity contribution in [3.63, 3.8) is 0 Å². The molecule has 2 fully saturated rings. The van der Waals surface area contributed by atoms with Crippen molar-refractivity contribution in [2.45, 2.75) is 36.2 Å². The summed E-state index contributed by atoms with van der Waals surface area (Å²) in [6.45, 7) is 0. The SMILES string of the molecule is O=C(c1cccnc1F)C1CC2CCC(C1)S2(=O)=O. The lowest BCUT2D eigenvalue weighted by Gasteiger charge is -2.26. The van der Waals surface area contributed by atoms with Gasteiger partial charge in [-0.3, -0.25) is 4.79 Å². The number of hydrogen-bond donors (Lipinski definition) is 0. The summed E-state index contributed by atoms with van der Waals surface area (Å²) < 4.78 is 37.4. The molecule has 2 aliphatic rings. The van der Waals surface area contributed by atoms with Crippen LogP contribution in [0, 0.1) is 11.9 Å². The molecule has 0 amide bonds. The fourth-order valence-electron chi connectivity index (χ4n) is 3.21. The van der Waals surface area contributed by atoms with E-state index in [1.807, 2.05) is 0 Å². The first-order chi connectivity index (χ1) is 9.00. The summed E-state index contributed by atoms with van der Waals surface area (Å²) in [6, 6.07) is 2.93. The second kappa shape index (κ2) is 4.37. The summed E-state index contributed by atoms with van der Waals surface area (Å²) in [7, 11) is -3.05. The van der Waals surface area contributed by atoms with Crippen LogP contribution in [-0.4, -0.2) is 29.7 Å². The molecule has 0 spiro atoms. The minimum Gasteiger partial charge on any atom is -0.294 e. The van der Waals surface area contributed by atoms with Gasteiger partial charge in [0.05, 0.1) is 16.1 Å². The van der Waals surface area contributed by atoms with E-state index < -0.39 is 26.3 Å². The van der Waals surface area contributed by atoms with E-state index >= 15 is 0 Å². The summed E-state index contributed by atoms with van der Waals surface area (Å²) in [5.41, 5.74) is -0.0220. The number of ketones is 1. The van der Waals surface area contributed by atoms with Crippen molar-refractivity contribution in [1.82, 2.24) is 4.98 Å². The van der Waals surface area contributed by atoms with Crippen LogP contribution in [-0.2, 0) is 9.84 Å². The number of carbonyl (C=O) groups is 1. The van der Waals surface area contributed by atoms with E-state index in [-0.39, 0.29) is 17.3 Å². The summed E-state index contributed by atoms with van der Waals surface area (Å²) in [5, 5.41) is -0.833. The molecule has 2 saturated heterocycles. The standard InChI is InChI=1S/C13H14FNO3S/c14-13-11(2-1-5-15-13)12(16)8-6-9-3-4-10(7-8)19(9,17)18/h1-2,5,8-10H,3-4,6-7H2. The van der Waals surface area contributed by atoms with Crippen molar-refractivity contribution in [2.75, 3.05) is 0 Å². The van der Waals surface area contributed by atoms with Crippen molar-refractivity contribution >= 4 is 15.6 Å². The van der Waals surface area contributed by atoms with Gasteiger partial charge in [0.2, 0.25) is 5.95 Å². The number of halogens is 1. The van der Waals surface area contributed by atoms with Crippen LogP contribution in [0.25, 0.3) is 0 Å². The number of Topliss-reactive ketones (excluding diaryl/α,β-unsaturated/α-hetero) is 1. The van der Waals surface area contributed by atoms with Crippen molar-refractivity contribution < 1.29 is 17.6 Å². The van der Waals surface area contributed by atoms with Gasteiger partial charge in [0.25, 0.3) is 0 Å². The highest BCUT2D eigenvalue weighted by Gasteiger charge is 2.48. The van der Waals surface area contributed by atoms with Crippen LogP contribution >= 0.6 is 0 Å². The van der Waals surface area contributed by atoms with Crippen molar-refractivity contribution in [1.29, 1.82) is 0 Å². The smallest absolute Gasteiger partial charge is 0.223 e. The second-order valence-electron chi connectivity index (χ2n) is 5.28. The molecule has 3 heterocycles. The van der Waals surface area contributed by atoms with Crippen LogP contribution < -0.4 is 0 Å². The van der Waals surface area contributed by atoms with Gasteiger partial charge in [0, 0.05) is 12.1 Å². The van der Waals surface area contributed by atoms with E-state index in [4.69, 9.17) is 0 Å². The van der Waals surface area contributed by atoms with Gasteiger partial charge < -0.3 is 0 Å². The Kier molecular flexibility index (Phi) is 2.92. The van der Waals surface area contributed by atoms with Gasteiger partial charge >= 0.3 is 0 Å². The lowest BCUT2D eigenvalue weighted by molar-refractivity contribution is 0.0900. The number of rotatable bonds is 2. The first kappa shape index (κ1) is 12.7. The number of nitrogens with zero attached hydrogens (tertiary/aromatic N) is 1. The molecule has 102 valence electrons. The van der Waals surface area contributed by atoms with E-state index in [9.17, 15) is 17.6 Å². The largest absolute Gasteiger partial charge is 0.294 e. The van der Waals surface area contributed by atoms with Crippen molar-refractivity contribution in [3.8, 4) is 0 Å². The van der Waals surface area contributed by atoms with E-state index in [1.165, 1.54) is 18.3 Å². The highest BCUT2D eigenvalue weighted by Crippen LogP contribution is 2.42. The molecule has 2 bridgehead atoms. The second-order valence-corrected chi connectivity index (χ2v) is 7.80. The Morgan fingerprint density at radius 3 is 2.47 bits per heavy atom. The average Bonchev–Trinajstić information content (AvgIpc) is 2.58. The van der Waals surface area contributed by atoms with Crippen LogP contribution in [0.15, 0.2) is 18.3 Å². The van der Waals surface area contributed by atoms with Gasteiger partial charge in [-0.05, 0) is 37.8 Å². The van der Waals surface area contributed by atoms with Gasteiger partial charge in [-0.2, -0.15) is 4.39 Å². The van der Waals surface area contributed by atoms with Crippen molar-refractivity contribution in [2.24, 2.45) is 5.92 Å². The van der Waals surface area contributed by atoms with Gasteiger partial charge in [-0.1, -0.05) is 0 Å². The Morgan fingerprint density at radius 2 is 1.89 bits per heavy atom. The van der Waals surface area contributed by atoms with Crippen LogP contribution in [0.3, 0.4) is 0 Å². The topological polar surface area (TPSA) is 64.1 Å². The Morgan fingerprint density at radius 1 is 1.26 bits per heavy atom. The molecule has 2 aliphatic heterocycles. The predicted molar refractivity (Wildman–Crippen MR) is 67.0 cm³/mol. The summed E-state index contributed by atoms with van der Waals surface area (Å²) >= 11 is 0. The highest BCUT2D eigenvalue weighted by molar-refractivity contribution is 7.93. The first-order valence-corrected chi connectivity index (χ1v) is 7.98. The molecule has 2 unspecified atom stereocenters. The molecule has 19 heavy (non-hydrogen) atoms. The Balaban J connectivity index is 1.86. The predicted octanol–water partition coefficient (Wildman–Crippen LogP) is 1.76. The van der Waals surface area contributed by atoms with E-state index in [1.54, 1.807) is 0 Å². The normalized spacial score (nSPS) is 32.2. The number of pyridine rings is 1. The summed E-state index contributed by atoms with van der Waals surface area (Å²) in [4.78, 5) is 15.7. The zero-order valence-electron chi connectivity index (χ0n) is 10.3. The molecule has 1 aromatic heterocycles. The number of aromatic nitrogens is 1. The summed E-state index contributed by atoms with van der Waals surface area (Å²) in [6.07, 6.45) is 3.21. The van der Waals surface area contributed by atoms with Gasteiger partial charge in [-0.25, -0.2) is 13.4 Å². The summed E-state index contributed by atoms with van der Waals surface area (Å²) in [5.74, 6) is -1.47. The molecular formula is C13H14FNO3S.